The quantitative estimate of drug-likeness (QED) is 0.596. The van der Waals surface area contributed by atoms with Crippen molar-refractivity contribution in [2.45, 2.75) is 38.6 Å². The first kappa shape index (κ1) is 11.8. The van der Waals surface area contributed by atoms with Gasteiger partial charge in [-0.15, -0.1) is 0 Å². The van der Waals surface area contributed by atoms with Gasteiger partial charge in [-0.1, -0.05) is 6.92 Å². The van der Waals surface area contributed by atoms with Crippen molar-refractivity contribution in [1.82, 2.24) is 10.6 Å². The van der Waals surface area contributed by atoms with Crippen LogP contribution in [0, 0.1) is 5.92 Å². The van der Waals surface area contributed by atoms with Gasteiger partial charge in [0.15, 0.2) is 0 Å². The van der Waals surface area contributed by atoms with E-state index >= 15 is 0 Å². The average molecular weight is 214 g/mol. The largest absolute Gasteiger partial charge is 0.481 e. The smallest absolute Gasteiger partial charge is 0.315 e. The van der Waals surface area contributed by atoms with Gasteiger partial charge in [0.25, 0.3) is 0 Å². The number of carboxylic acids is 1. The van der Waals surface area contributed by atoms with E-state index in [1.54, 1.807) is 0 Å². The molecular weight excluding hydrogens is 196 g/mol. The van der Waals surface area contributed by atoms with Gasteiger partial charge in [0.2, 0.25) is 0 Å². The topological polar surface area (TPSA) is 78.4 Å². The van der Waals surface area contributed by atoms with Crippen molar-refractivity contribution in [3.63, 3.8) is 0 Å². The average Bonchev–Trinajstić information content (AvgIpc) is 2.10. The van der Waals surface area contributed by atoms with E-state index in [1.165, 1.54) is 0 Å². The number of aliphatic carboxylic acids is 1. The van der Waals surface area contributed by atoms with E-state index < -0.39 is 5.97 Å². The third kappa shape index (κ3) is 4.67. The number of urea groups is 1. The summed E-state index contributed by atoms with van der Waals surface area (Å²) in [6, 6.07) is 0.122. The molecule has 0 unspecified atom stereocenters. The minimum absolute atomic E-state index is 0.0980. The number of hydrogen-bond donors (Lipinski definition) is 3. The fourth-order valence-corrected chi connectivity index (χ4v) is 1.70. The monoisotopic (exact) mass is 214 g/mol. The molecule has 5 nitrogen and oxygen atoms in total. The molecule has 1 saturated carbocycles. The molecule has 5 heteroatoms. The lowest BCUT2D eigenvalue weighted by molar-refractivity contribution is -0.137. The number of rotatable bonds is 5. The molecule has 0 spiro atoms. The third-order valence-electron chi connectivity index (χ3n) is 2.56. The second kappa shape index (κ2) is 5.58. The molecule has 1 aliphatic carbocycles. The van der Waals surface area contributed by atoms with Crippen molar-refractivity contribution < 1.29 is 14.7 Å². The van der Waals surface area contributed by atoms with Gasteiger partial charge < -0.3 is 15.7 Å². The van der Waals surface area contributed by atoms with Crippen LogP contribution < -0.4 is 10.6 Å². The normalized spacial score (nSPS) is 24.1. The molecular formula is C10H18N2O3. The number of carbonyl (C=O) groups is 2. The fourth-order valence-electron chi connectivity index (χ4n) is 1.70. The van der Waals surface area contributed by atoms with Crippen LogP contribution in [0.25, 0.3) is 0 Å². The van der Waals surface area contributed by atoms with E-state index in [4.69, 9.17) is 5.11 Å². The Morgan fingerprint density at radius 3 is 2.60 bits per heavy atom. The molecule has 0 aromatic rings. The van der Waals surface area contributed by atoms with Gasteiger partial charge in [-0.25, -0.2) is 4.79 Å². The van der Waals surface area contributed by atoms with Crippen LogP contribution in [0.3, 0.4) is 0 Å². The Hall–Kier alpha value is -1.26. The van der Waals surface area contributed by atoms with Crippen LogP contribution in [0.1, 0.15) is 32.6 Å². The number of carboxylic acid groups (broad SMARTS) is 1. The van der Waals surface area contributed by atoms with Crippen LogP contribution in [0.5, 0.6) is 0 Å². The summed E-state index contributed by atoms with van der Waals surface area (Å²) in [4.78, 5) is 21.4. The number of amides is 2. The summed E-state index contributed by atoms with van der Waals surface area (Å²) in [7, 11) is 0. The van der Waals surface area contributed by atoms with Crippen molar-refractivity contribution in [3.05, 3.63) is 0 Å². The maximum Gasteiger partial charge on any atom is 0.315 e. The summed E-state index contributed by atoms with van der Waals surface area (Å²) in [6.45, 7) is 2.57. The molecule has 1 aliphatic rings. The Morgan fingerprint density at radius 1 is 1.40 bits per heavy atom. The van der Waals surface area contributed by atoms with Crippen LogP contribution in [-0.2, 0) is 4.79 Å². The molecule has 2 amide bonds. The van der Waals surface area contributed by atoms with E-state index in [1.807, 2.05) is 0 Å². The molecule has 0 bridgehead atoms. The molecule has 1 rings (SSSR count). The SMILES string of the molecule is CC1CC(NC(=O)NCCCC(=O)O)C1. The van der Waals surface area contributed by atoms with Crippen molar-refractivity contribution in [2.24, 2.45) is 5.92 Å². The Bertz CT molecular complexity index is 237. The first-order chi connectivity index (χ1) is 7.08. The first-order valence-electron chi connectivity index (χ1n) is 5.34. The van der Waals surface area contributed by atoms with Crippen molar-refractivity contribution in [1.29, 1.82) is 0 Å². The van der Waals surface area contributed by atoms with Gasteiger partial charge in [-0.05, 0) is 25.2 Å². The molecule has 0 aromatic carbocycles. The molecule has 0 aromatic heterocycles. The first-order valence-corrected chi connectivity index (χ1v) is 5.34. The Balaban J connectivity index is 1.97. The predicted octanol–water partition coefficient (Wildman–Crippen LogP) is 0.949. The van der Waals surface area contributed by atoms with Gasteiger partial charge in [0, 0.05) is 19.0 Å². The van der Waals surface area contributed by atoms with Crippen molar-refractivity contribution >= 4 is 12.0 Å². The lowest BCUT2D eigenvalue weighted by Crippen LogP contribution is -2.47. The van der Waals surface area contributed by atoms with Crippen LogP contribution in [0.4, 0.5) is 4.79 Å². The molecule has 0 heterocycles. The highest BCUT2D eigenvalue weighted by atomic mass is 16.4. The number of carbonyl (C=O) groups excluding carboxylic acids is 1. The summed E-state index contributed by atoms with van der Waals surface area (Å²) in [5, 5.41) is 13.8. The zero-order chi connectivity index (χ0) is 11.3. The van der Waals surface area contributed by atoms with E-state index in [0.29, 0.717) is 24.9 Å². The standard InChI is InChI=1S/C10H18N2O3/c1-7-5-8(6-7)12-10(15)11-4-2-3-9(13)14/h7-8H,2-6H2,1H3,(H,13,14)(H2,11,12,15). The maximum atomic E-state index is 11.2. The molecule has 0 aliphatic heterocycles. The Kier molecular flexibility index (Phi) is 4.39. The maximum absolute atomic E-state index is 11.2. The molecule has 15 heavy (non-hydrogen) atoms. The van der Waals surface area contributed by atoms with Gasteiger partial charge >= 0.3 is 12.0 Å². The number of hydrogen-bond acceptors (Lipinski definition) is 2. The highest BCUT2D eigenvalue weighted by molar-refractivity contribution is 5.74. The van der Waals surface area contributed by atoms with Crippen molar-refractivity contribution in [2.75, 3.05) is 6.54 Å². The number of nitrogens with one attached hydrogen (secondary N) is 2. The zero-order valence-electron chi connectivity index (χ0n) is 8.95. The molecule has 86 valence electrons. The van der Waals surface area contributed by atoms with Gasteiger partial charge in [-0.2, -0.15) is 0 Å². The fraction of sp³-hybridized carbons (Fsp3) is 0.800. The summed E-state index contributed by atoms with van der Waals surface area (Å²) in [6.07, 6.45) is 2.66. The lowest BCUT2D eigenvalue weighted by atomic mass is 9.82. The molecule has 3 N–H and O–H groups in total. The zero-order valence-corrected chi connectivity index (χ0v) is 8.95. The van der Waals surface area contributed by atoms with Gasteiger partial charge in [0.05, 0.1) is 0 Å². The Morgan fingerprint density at radius 2 is 2.07 bits per heavy atom. The van der Waals surface area contributed by atoms with Gasteiger partial charge in [-0.3, -0.25) is 4.79 Å². The molecule has 1 fully saturated rings. The van der Waals surface area contributed by atoms with E-state index in [9.17, 15) is 9.59 Å². The summed E-state index contributed by atoms with van der Waals surface area (Å²) < 4.78 is 0. The molecule has 0 atom stereocenters. The predicted molar refractivity (Wildman–Crippen MR) is 55.6 cm³/mol. The molecule has 0 saturated heterocycles. The van der Waals surface area contributed by atoms with Gasteiger partial charge in [0.1, 0.15) is 0 Å². The highest BCUT2D eigenvalue weighted by Gasteiger charge is 2.26. The van der Waals surface area contributed by atoms with E-state index in [-0.39, 0.29) is 12.5 Å². The van der Waals surface area contributed by atoms with Crippen LogP contribution in [-0.4, -0.2) is 29.7 Å². The minimum Gasteiger partial charge on any atom is -0.481 e. The van der Waals surface area contributed by atoms with E-state index in [2.05, 4.69) is 17.6 Å². The minimum atomic E-state index is -0.829. The lowest BCUT2D eigenvalue weighted by Gasteiger charge is -2.33. The third-order valence-corrected chi connectivity index (χ3v) is 2.56. The highest BCUT2D eigenvalue weighted by Crippen LogP contribution is 2.25. The second-order valence-corrected chi connectivity index (χ2v) is 4.17. The summed E-state index contributed by atoms with van der Waals surface area (Å²) in [5.41, 5.74) is 0. The molecule has 0 radical (unpaired) electrons. The summed E-state index contributed by atoms with van der Waals surface area (Å²) >= 11 is 0. The van der Waals surface area contributed by atoms with Crippen LogP contribution in [0.2, 0.25) is 0 Å². The Labute approximate surface area is 89.2 Å². The summed E-state index contributed by atoms with van der Waals surface area (Å²) in [5.74, 6) is -0.118. The van der Waals surface area contributed by atoms with E-state index in [0.717, 1.165) is 12.8 Å². The van der Waals surface area contributed by atoms with Crippen LogP contribution in [0.15, 0.2) is 0 Å². The van der Waals surface area contributed by atoms with Crippen molar-refractivity contribution in [3.8, 4) is 0 Å². The van der Waals surface area contributed by atoms with Crippen LogP contribution >= 0.6 is 0 Å². The second-order valence-electron chi connectivity index (χ2n) is 4.17.